The summed E-state index contributed by atoms with van der Waals surface area (Å²) in [6, 6.07) is 11.2. The summed E-state index contributed by atoms with van der Waals surface area (Å²) in [6.45, 7) is 2.34. The van der Waals surface area contributed by atoms with E-state index < -0.39 is 0 Å². The van der Waals surface area contributed by atoms with Gasteiger partial charge in [0.05, 0.1) is 5.69 Å². The van der Waals surface area contributed by atoms with Gasteiger partial charge >= 0.3 is 0 Å². The van der Waals surface area contributed by atoms with Gasteiger partial charge in [-0.15, -0.1) is 0 Å². The van der Waals surface area contributed by atoms with Gasteiger partial charge in [0.15, 0.2) is 0 Å². The molecule has 0 saturated heterocycles. The Morgan fingerprint density at radius 1 is 1.28 bits per heavy atom. The van der Waals surface area contributed by atoms with E-state index in [1.807, 2.05) is 6.07 Å². The van der Waals surface area contributed by atoms with Gasteiger partial charge in [-0.3, -0.25) is 5.10 Å². The first-order valence-electron chi connectivity index (χ1n) is 6.69. The van der Waals surface area contributed by atoms with Crippen molar-refractivity contribution in [2.24, 2.45) is 5.92 Å². The highest BCUT2D eigenvalue weighted by molar-refractivity contribution is 5.64. The molecule has 0 aliphatic heterocycles. The van der Waals surface area contributed by atoms with Crippen LogP contribution in [0.25, 0.3) is 11.3 Å². The first-order valence-corrected chi connectivity index (χ1v) is 6.69. The standard InChI is InChI=1S/C15H19N3/c1-11-4-2-7-14(11)17-13-6-3-5-12(10-13)15-8-9-16-18-15/h3,5-6,8-11,14,17H,2,4,7H2,1H3,(H,16,18). The molecule has 94 valence electrons. The normalized spacial score (nSPS) is 23.2. The van der Waals surface area contributed by atoms with Crippen molar-refractivity contribution in [3.05, 3.63) is 36.5 Å². The number of anilines is 1. The minimum Gasteiger partial charge on any atom is -0.382 e. The maximum Gasteiger partial charge on any atom is 0.0650 e. The SMILES string of the molecule is CC1CCCC1Nc1cccc(-c2ccn[nH]2)c1. The van der Waals surface area contributed by atoms with Crippen LogP contribution in [0.3, 0.4) is 0 Å². The second-order valence-electron chi connectivity index (χ2n) is 5.21. The molecule has 1 aliphatic carbocycles. The van der Waals surface area contributed by atoms with Crippen LogP contribution in [0.4, 0.5) is 5.69 Å². The second kappa shape index (κ2) is 4.84. The summed E-state index contributed by atoms with van der Waals surface area (Å²) in [5, 5.41) is 10.7. The van der Waals surface area contributed by atoms with E-state index >= 15 is 0 Å². The molecule has 0 amide bonds. The van der Waals surface area contributed by atoms with Crippen molar-refractivity contribution in [2.75, 3.05) is 5.32 Å². The molecule has 2 atom stereocenters. The highest BCUT2D eigenvalue weighted by Gasteiger charge is 2.22. The van der Waals surface area contributed by atoms with E-state index in [9.17, 15) is 0 Å². The van der Waals surface area contributed by atoms with Gasteiger partial charge in [-0.25, -0.2) is 0 Å². The van der Waals surface area contributed by atoms with E-state index in [2.05, 4.69) is 46.7 Å². The van der Waals surface area contributed by atoms with E-state index in [-0.39, 0.29) is 0 Å². The smallest absolute Gasteiger partial charge is 0.0650 e. The molecule has 3 nitrogen and oxygen atoms in total. The summed E-state index contributed by atoms with van der Waals surface area (Å²) in [4.78, 5) is 0. The lowest BCUT2D eigenvalue weighted by molar-refractivity contribution is 0.556. The third-order valence-electron chi connectivity index (χ3n) is 3.89. The fourth-order valence-electron chi connectivity index (χ4n) is 2.77. The molecule has 1 heterocycles. The van der Waals surface area contributed by atoms with Crippen molar-refractivity contribution in [3.8, 4) is 11.3 Å². The quantitative estimate of drug-likeness (QED) is 0.860. The zero-order valence-corrected chi connectivity index (χ0v) is 10.7. The zero-order chi connectivity index (χ0) is 12.4. The van der Waals surface area contributed by atoms with Crippen molar-refractivity contribution < 1.29 is 0 Å². The molecule has 1 aromatic heterocycles. The first kappa shape index (κ1) is 11.3. The number of benzene rings is 1. The maximum absolute atomic E-state index is 4.00. The van der Waals surface area contributed by atoms with Crippen LogP contribution in [0.1, 0.15) is 26.2 Å². The molecule has 1 aliphatic rings. The van der Waals surface area contributed by atoms with E-state index in [0.717, 1.165) is 11.6 Å². The summed E-state index contributed by atoms with van der Waals surface area (Å²) < 4.78 is 0. The molecule has 2 unspecified atom stereocenters. The van der Waals surface area contributed by atoms with E-state index in [4.69, 9.17) is 0 Å². The summed E-state index contributed by atoms with van der Waals surface area (Å²) in [6.07, 6.45) is 5.76. The number of hydrogen-bond donors (Lipinski definition) is 2. The monoisotopic (exact) mass is 241 g/mol. The van der Waals surface area contributed by atoms with Gasteiger partial charge in [-0.05, 0) is 37.0 Å². The Hall–Kier alpha value is -1.77. The van der Waals surface area contributed by atoms with Gasteiger partial charge in [0.2, 0.25) is 0 Å². The highest BCUT2D eigenvalue weighted by atomic mass is 15.1. The molecule has 18 heavy (non-hydrogen) atoms. The Balaban J connectivity index is 1.79. The first-order chi connectivity index (χ1) is 8.83. The van der Waals surface area contributed by atoms with Gasteiger partial charge in [-0.1, -0.05) is 25.5 Å². The molecule has 2 aromatic rings. The molecule has 3 heteroatoms. The molecule has 3 rings (SSSR count). The van der Waals surface area contributed by atoms with Crippen molar-refractivity contribution in [1.82, 2.24) is 10.2 Å². The number of H-pyrrole nitrogens is 1. The van der Waals surface area contributed by atoms with Crippen LogP contribution >= 0.6 is 0 Å². The van der Waals surface area contributed by atoms with Crippen molar-refractivity contribution >= 4 is 5.69 Å². The van der Waals surface area contributed by atoms with E-state index in [1.54, 1.807) is 6.20 Å². The van der Waals surface area contributed by atoms with Gasteiger partial charge in [0, 0.05) is 23.5 Å². The Bertz CT molecular complexity index is 504. The summed E-state index contributed by atoms with van der Waals surface area (Å²) in [5.74, 6) is 0.779. The number of nitrogens with zero attached hydrogens (tertiary/aromatic N) is 1. The van der Waals surface area contributed by atoms with Crippen LogP contribution in [0.15, 0.2) is 36.5 Å². The molecule has 1 saturated carbocycles. The fraction of sp³-hybridized carbons (Fsp3) is 0.400. The summed E-state index contributed by atoms with van der Waals surface area (Å²) in [5.41, 5.74) is 3.46. The number of hydrogen-bond acceptors (Lipinski definition) is 2. The second-order valence-corrected chi connectivity index (χ2v) is 5.21. The molecule has 2 N–H and O–H groups in total. The predicted molar refractivity (Wildman–Crippen MR) is 74.4 cm³/mol. The average Bonchev–Trinajstić information content (AvgIpc) is 3.02. The Labute approximate surface area is 108 Å². The number of aromatic nitrogens is 2. The van der Waals surface area contributed by atoms with Gasteiger partial charge in [0.1, 0.15) is 0 Å². The predicted octanol–water partition coefficient (Wildman–Crippen LogP) is 3.68. The molecule has 0 spiro atoms. The van der Waals surface area contributed by atoms with Crippen LogP contribution in [0.2, 0.25) is 0 Å². The van der Waals surface area contributed by atoms with Crippen LogP contribution in [-0.4, -0.2) is 16.2 Å². The van der Waals surface area contributed by atoms with Crippen LogP contribution < -0.4 is 5.32 Å². The zero-order valence-electron chi connectivity index (χ0n) is 10.7. The summed E-state index contributed by atoms with van der Waals surface area (Å²) >= 11 is 0. The maximum atomic E-state index is 4.00. The Kier molecular flexibility index (Phi) is 3.05. The third-order valence-corrected chi connectivity index (χ3v) is 3.89. The Morgan fingerprint density at radius 2 is 2.22 bits per heavy atom. The minimum absolute atomic E-state index is 0.627. The summed E-state index contributed by atoms with van der Waals surface area (Å²) in [7, 11) is 0. The van der Waals surface area contributed by atoms with E-state index in [0.29, 0.717) is 6.04 Å². The average molecular weight is 241 g/mol. The molecule has 1 aromatic carbocycles. The van der Waals surface area contributed by atoms with Crippen molar-refractivity contribution in [1.29, 1.82) is 0 Å². The van der Waals surface area contributed by atoms with Crippen LogP contribution in [0, 0.1) is 5.92 Å². The highest BCUT2D eigenvalue weighted by Crippen LogP contribution is 2.29. The fourth-order valence-corrected chi connectivity index (χ4v) is 2.77. The molecular formula is C15H19N3. The lowest BCUT2D eigenvalue weighted by Crippen LogP contribution is -2.21. The van der Waals surface area contributed by atoms with Crippen LogP contribution in [0.5, 0.6) is 0 Å². The van der Waals surface area contributed by atoms with Crippen molar-refractivity contribution in [3.63, 3.8) is 0 Å². The van der Waals surface area contributed by atoms with Crippen LogP contribution in [-0.2, 0) is 0 Å². The lowest BCUT2D eigenvalue weighted by atomic mass is 10.1. The molecular weight excluding hydrogens is 222 g/mol. The third kappa shape index (κ3) is 2.26. The number of aromatic amines is 1. The Morgan fingerprint density at radius 3 is 2.94 bits per heavy atom. The number of rotatable bonds is 3. The molecule has 0 bridgehead atoms. The lowest BCUT2D eigenvalue weighted by Gasteiger charge is -2.19. The number of nitrogens with one attached hydrogen (secondary N) is 2. The van der Waals surface area contributed by atoms with Gasteiger partial charge in [0.25, 0.3) is 0 Å². The molecule has 1 fully saturated rings. The van der Waals surface area contributed by atoms with E-state index in [1.165, 1.54) is 30.5 Å². The topological polar surface area (TPSA) is 40.7 Å². The minimum atomic E-state index is 0.627. The largest absolute Gasteiger partial charge is 0.382 e. The van der Waals surface area contributed by atoms with Crippen molar-refractivity contribution in [2.45, 2.75) is 32.2 Å². The van der Waals surface area contributed by atoms with Gasteiger partial charge in [-0.2, -0.15) is 5.10 Å². The molecule has 0 radical (unpaired) electrons. The van der Waals surface area contributed by atoms with Gasteiger partial charge < -0.3 is 5.32 Å².